The van der Waals surface area contributed by atoms with Crippen LogP contribution in [-0.4, -0.2) is 32.5 Å². The molecule has 92 valence electrons. The molecule has 18 heavy (non-hydrogen) atoms. The number of likely N-dealkylation sites (tertiary alicyclic amines) is 1. The standard InChI is InChI=1S/C13H14N4O/c18-13(11-8-15-16-9-11)17-7-1-2-12(17)10-3-5-14-6-4-10/h3-6,8-9,12H,1-2,7H2,(H,15,16). The Kier molecular flexibility index (Phi) is 2.80. The lowest BCUT2D eigenvalue weighted by molar-refractivity contribution is 0.0735. The van der Waals surface area contributed by atoms with Crippen LogP contribution < -0.4 is 0 Å². The lowest BCUT2D eigenvalue weighted by Gasteiger charge is -2.24. The molecule has 1 aliphatic heterocycles. The molecule has 2 aromatic heterocycles. The Morgan fingerprint density at radius 2 is 2.22 bits per heavy atom. The number of hydrogen-bond donors (Lipinski definition) is 1. The largest absolute Gasteiger partial charge is 0.332 e. The molecule has 0 saturated carbocycles. The van der Waals surface area contributed by atoms with Gasteiger partial charge < -0.3 is 4.90 Å². The highest BCUT2D eigenvalue weighted by atomic mass is 16.2. The summed E-state index contributed by atoms with van der Waals surface area (Å²) in [6, 6.07) is 4.12. The molecular weight excluding hydrogens is 228 g/mol. The van der Waals surface area contributed by atoms with Gasteiger partial charge in [0.2, 0.25) is 0 Å². The normalized spacial score (nSPS) is 19.1. The van der Waals surface area contributed by atoms with Crippen LogP contribution in [-0.2, 0) is 0 Å². The fourth-order valence-corrected chi connectivity index (χ4v) is 2.48. The molecule has 1 aliphatic rings. The second-order valence-corrected chi connectivity index (χ2v) is 4.42. The molecule has 1 amide bonds. The lowest BCUT2D eigenvalue weighted by Crippen LogP contribution is -2.30. The van der Waals surface area contributed by atoms with Gasteiger partial charge in [-0.2, -0.15) is 5.10 Å². The van der Waals surface area contributed by atoms with Crippen LogP contribution in [0.5, 0.6) is 0 Å². The third-order valence-corrected chi connectivity index (χ3v) is 3.35. The number of hydrogen-bond acceptors (Lipinski definition) is 3. The maximum atomic E-state index is 12.3. The molecule has 3 rings (SSSR count). The van der Waals surface area contributed by atoms with Crippen LogP contribution in [0.25, 0.3) is 0 Å². The molecular formula is C13H14N4O. The zero-order chi connectivity index (χ0) is 12.4. The number of nitrogens with one attached hydrogen (secondary N) is 1. The zero-order valence-electron chi connectivity index (χ0n) is 9.91. The minimum absolute atomic E-state index is 0.0445. The van der Waals surface area contributed by atoms with E-state index >= 15 is 0 Å². The summed E-state index contributed by atoms with van der Waals surface area (Å²) in [7, 11) is 0. The Morgan fingerprint density at radius 3 is 2.94 bits per heavy atom. The third-order valence-electron chi connectivity index (χ3n) is 3.35. The topological polar surface area (TPSA) is 61.9 Å². The average Bonchev–Trinajstić information content (AvgIpc) is 3.10. The van der Waals surface area contributed by atoms with Gasteiger partial charge in [-0.3, -0.25) is 14.9 Å². The second kappa shape index (κ2) is 4.60. The molecule has 0 aromatic carbocycles. The van der Waals surface area contributed by atoms with E-state index in [4.69, 9.17) is 0 Å². The number of nitrogens with zero attached hydrogens (tertiary/aromatic N) is 3. The van der Waals surface area contributed by atoms with Gasteiger partial charge in [-0.1, -0.05) is 0 Å². The molecule has 2 aromatic rings. The first-order valence-corrected chi connectivity index (χ1v) is 6.06. The molecule has 5 heteroatoms. The highest BCUT2D eigenvalue weighted by Crippen LogP contribution is 2.32. The molecule has 1 saturated heterocycles. The monoisotopic (exact) mass is 242 g/mol. The van der Waals surface area contributed by atoms with E-state index in [1.807, 2.05) is 17.0 Å². The summed E-state index contributed by atoms with van der Waals surface area (Å²) in [6.45, 7) is 0.803. The molecule has 1 atom stereocenters. The summed E-state index contributed by atoms with van der Waals surface area (Å²) in [6.07, 6.45) is 8.81. The summed E-state index contributed by atoms with van der Waals surface area (Å²) in [5.74, 6) is 0.0445. The Hall–Kier alpha value is -2.17. The van der Waals surface area contributed by atoms with Crippen molar-refractivity contribution in [3.63, 3.8) is 0 Å². The van der Waals surface area contributed by atoms with Gasteiger partial charge >= 0.3 is 0 Å². The summed E-state index contributed by atoms with van der Waals surface area (Å²) >= 11 is 0. The van der Waals surface area contributed by atoms with Gasteiger partial charge in [-0.05, 0) is 30.5 Å². The van der Waals surface area contributed by atoms with Crippen LogP contribution >= 0.6 is 0 Å². The fraction of sp³-hybridized carbons (Fsp3) is 0.308. The Bertz CT molecular complexity index is 523. The van der Waals surface area contributed by atoms with Crippen molar-refractivity contribution in [3.05, 3.63) is 48.0 Å². The van der Waals surface area contributed by atoms with Crippen molar-refractivity contribution < 1.29 is 4.79 Å². The van der Waals surface area contributed by atoms with Gasteiger partial charge in [-0.25, -0.2) is 0 Å². The van der Waals surface area contributed by atoms with E-state index in [0.717, 1.165) is 24.9 Å². The summed E-state index contributed by atoms with van der Waals surface area (Å²) in [5, 5.41) is 6.51. The molecule has 3 heterocycles. The SMILES string of the molecule is O=C(c1cn[nH]c1)N1CCCC1c1ccncc1. The molecule has 1 fully saturated rings. The van der Waals surface area contributed by atoms with E-state index in [1.165, 1.54) is 0 Å². The smallest absolute Gasteiger partial charge is 0.257 e. The first kappa shape index (κ1) is 11.0. The van der Waals surface area contributed by atoms with Crippen LogP contribution in [0, 0.1) is 0 Å². The van der Waals surface area contributed by atoms with Crippen molar-refractivity contribution in [2.45, 2.75) is 18.9 Å². The Labute approximate surface area is 105 Å². The Balaban J connectivity index is 1.86. The average molecular weight is 242 g/mol. The summed E-state index contributed by atoms with van der Waals surface area (Å²) in [5.41, 5.74) is 1.77. The van der Waals surface area contributed by atoms with Gasteiger partial charge in [0.15, 0.2) is 0 Å². The molecule has 0 spiro atoms. The highest BCUT2D eigenvalue weighted by Gasteiger charge is 2.30. The van der Waals surface area contributed by atoms with Crippen LogP contribution in [0.2, 0.25) is 0 Å². The molecule has 0 aliphatic carbocycles. The first-order valence-electron chi connectivity index (χ1n) is 6.06. The van der Waals surface area contributed by atoms with Crippen molar-refractivity contribution in [2.24, 2.45) is 0 Å². The third kappa shape index (κ3) is 1.88. The van der Waals surface area contributed by atoms with Gasteiger partial charge in [0.1, 0.15) is 0 Å². The highest BCUT2D eigenvalue weighted by molar-refractivity contribution is 5.94. The van der Waals surface area contributed by atoms with E-state index < -0.39 is 0 Å². The van der Waals surface area contributed by atoms with Crippen LogP contribution in [0.15, 0.2) is 36.9 Å². The van der Waals surface area contributed by atoms with Crippen molar-refractivity contribution in [2.75, 3.05) is 6.54 Å². The number of rotatable bonds is 2. The minimum atomic E-state index is 0.0445. The van der Waals surface area contributed by atoms with Crippen molar-refractivity contribution in [1.82, 2.24) is 20.1 Å². The van der Waals surface area contributed by atoms with Crippen LogP contribution in [0.3, 0.4) is 0 Å². The zero-order valence-corrected chi connectivity index (χ0v) is 9.91. The predicted molar refractivity (Wildman–Crippen MR) is 65.8 cm³/mol. The van der Waals surface area contributed by atoms with Gasteiger partial charge in [-0.15, -0.1) is 0 Å². The lowest BCUT2D eigenvalue weighted by atomic mass is 10.1. The van der Waals surface area contributed by atoms with Gasteiger partial charge in [0, 0.05) is 25.1 Å². The van der Waals surface area contributed by atoms with E-state index in [2.05, 4.69) is 15.2 Å². The number of amides is 1. The molecule has 1 unspecified atom stereocenters. The van der Waals surface area contributed by atoms with Gasteiger partial charge in [0.05, 0.1) is 17.8 Å². The number of pyridine rings is 1. The Morgan fingerprint density at radius 1 is 1.39 bits per heavy atom. The van der Waals surface area contributed by atoms with Crippen molar-refractivity contribution in [1.29, 1.82) is 0 Å². The second-order valence-electron chi connectivity index (χ2n) is 4.42. The number of carbonyl (C=O) groups excluding carboxylic acids is 1. The van der Waals surface area contributed by atoms with Crippen molar-refractivity contribution >= 4 is 5.91 Å². The van der Waals surface area contributed by atoms with Crippen LogP contribution in [0.4, 0.5) is 0 Å². The quantitative estimate of drug-likeness (QED) is 0.873. The first-order chi connectivity index (χ1) is 8.86. The maximum Gasteiger partial charge on any atom is 0.257 e. The molecule has 0 radical (unpaired) electrons. The molecule has 5 nitrogen and oxygen atoms in total. The van der Waals surface area contributed by atoms with Crippen molar-refractivity contribution in [3.8, 4) is 0 Å². The van der Waals surface area contributed by atoms with Crippen LogP contribution in [0.1, 0.15) is 34.8 Å². The fourth-order valence-electron chi connectivity index (χ4n) is 2.48. The van der Waals surface area contributed by atoms with E-state index in [-0.39, 0.29) is 11.9 Å². The number of aromatic nitrogens is 3. The van der Waals surface area contributed by atoms with E-state index in [9.17, 15) is 4.79 Å². The predicted octanol–water partition coefficient (Wildman–Crippen LogP) is 1.78. The molecule has 0 bridgehead atoms. The maximum absolute atomic E-state index is 12.3. The van der Waals surface area contributed by atoms with Gasteiger partial charge in [0.25, 0.3) is 5.91 Å². The van der Waals surface area contributed by atoms with E-state index in [1.54, 1.807) is 24.8 Å². The molecule has 1 N–H and O–H groups in total. The summed E-state index contributed by atoms with van der Waals surface area (Å²) < 4.78 is 0. The number of aromatic amines is 1. The number of H-pyrrole nitrogens is 1. The minimum Gasteiger partial charge on any atom is -0.332 e. The summed E-state index contributed by atoms with van der Waals surface area (Å²) in [4.78, 5) is 18.3. The van der Waals surface area contributed by atoms with E-state index in [0.29, 0.717) is 5.56 Å². The number of carbonyl (C=O) groups is 1.